The number of aldehydes is 1. The molecule has 4 nitrogen and oxygen atoms in total. The van der Waals surface area contributed by atoms with E-state index in [-0.39, 0.29) is 16.4 Å². The van der Waals surface area contributed by atoms with E-state index in [0.29, 0.717) is 17.6 Å². The van der Waals surface area contributed by atoms with E-state index in [1.165, 1.54) is 18.2 Å². The highest BCUT2D eigenvalue weighted by Gasteiger charge is 2.12. The molecule has 0 amide bonds. The first-order valence-electron chi connectivity index (χ1n) is 5.56. The van der Waals surface area contributed by atoms with E-state index in [4.69, 9.17) is 4.42 Å². The summed E-state index contributed by atoms with van der Waals surface area (Å²) < 4.78 is 28.8. The Bertz CT molecular complexity index is 693. The standard InChI is InChI=1S/C14H12O4S/c1-2-9-19(16,17)13-6-3-11(4-7-13)14-8-5-12(10-15)18-14/h2-8,10H,1,9H2. The van der Waals surface area contributed by atoms with Crippen LogP contribution in [-0.2, 0) is 9.84 Å². The highest BCUT2D eigenvalue weighted by molar-refractivity contribution is 7.91. The lowest BCUT2D eigenvalue weighted by Gasteiger charge is -2.02. The van der Waals surface area contributed by atoms with E-state index < -0.39 is 9.84 Å². The monoisotopic (exact) mass is 276 g/mol. The maximum absolute atomic E-state index is 11.8. The Balaban J connectivity index is 2.33. The van der Waals surface area contributed by atoms with Gasteiger partial charge < -0.3 is 4.42 Å². The minimum atomic E-state index is -3.31. The van der Waals surface area contributed by atoms with Crippen molar-refractivity contribution in [2.24, 2.45) is 0 Å². The number of hydrogen-bond donors (Lipinski definition) is 0. The maximum Gasteiger partial charge on any atom is 0.185 e. The molecule has 2 aromatic rings. The Labute approximate surface area is 111 Å². The predicted molar refractivity (Wildman–Crippen MR) is 71.8 cm³/mol. The summed E-state index contributed by atoms with van der Waals surface area (Å²) in [5.41, 5.74) is 0.714. The van der Waals surface area contributed by atoms with Crippen molar-refractivity contribution in [1.82, 2.24) is 0 Å². The third-order valence-electron chi connectivity index (χ3n) is 2.58. The van der Waals surface area contributed by atoms with E-state index >= 15 is 0 Å². The Kier molecular flexibility index (Phi) is 3.66. The van der Waals surface area contributed by atoms with Crippen LogP contribution in [0.15, 0.2) is 58.4 Å². The molecule has 0 aliphatic carbocycles. The Morgan fingerprint density at radius 3 is 2.32 bits per heavy atom. The highest BCUT2D eigenvalue weighted by Crippen LogP contribution is 2.23. The van der Waals surface area contributed by atoms with Crippen molar-refractivity contribution in [3.05, 3.63) is 54.8 Å². The molecule has 0 N–H and O–H groups in total. The molecule has 0 spiro atoms. The second-order valence-corrected chi connectivity index (χ2v) is 5.95. The molecular formula is C14H12O4S. The van der Waals surface area contributed by atoms with E-state index in [0.717, 1.165) is 0 Å². The minimum Gasteiger partial charge on any atom is -0.453 e. The molecule has 1 aromatic heterocycles. The summed E-state index contributed by atoms with van der Waals surface area (Å²) in [6, 6.07) is 9.53. The van der Waals surface area contributed by atoms with Gasteiger partial charge in [0.25, 0.3) is 0 Å². The van der Waals surface area contributed by atoms with Crippen LogP contribution in [-0.4, -0.2) is 20.5 Å². The quantitative estimate of drug-likeness (QED) is 0.622. The molecule has 0 fully saturated rings. The molecule has 2 rings (SSSR count). The smallest absolute Gasteiger partial charge is 0.185 e. The van der Waals surface area contributed by atoms with Gasteiger partial charge in [-0.1, -0.05) is 6.08 Å². The van der Waals surface area contributed by atoms with Gasteiger partial charge in [0.05, 0.1) is 10.6 Å². The van der Waals surface area contributed by atoms with Crippen LogP contribution in [0.5, 0.6) is 0 Å². The summed E-state index contributed by atoms with van der Waals surface area (Å²) in [6.45, 7) is 3.42. The number of sulfone groups is 1. The van der Waals surface area contributed by atoms with Crippen LogP contribution in [0.1, 0.15) is 10.6 Å². The molecule has 0 aliphatic rings. The van der Waals surface area contributed by atoms with Gasteiger partial charge in [-0.15, -0.1) is 6.58 Å². The fraction of sp³-hybridized carbons (Fsp3) is 0.0714. The van der Waals surface area contributed by atoms with Crippen molar-refractivity contribution in [1.29, 1.82) is 0 Å². The molecule has 5 heteroatoms. The Hall–Kier alpha value is -2.14. The number of furan rings is 1. The average molecular weight is 276 g/mol. The summed E-state index contributed by atoms with van der Waals surface area (Å²) in [4.78, 5) is 10.8. The Morgan fingerprint density at radius 1 is 1.11 bits per heavy atom. The van der Waals surface area contributed by atoms with E-state index in [1.54, 1.807) is 24.3 Å². The van der Waals surface area contributed by atoms with Gasteiger partial charge in [0.2, 0.25) is 0 Å². The number of hydrogen-bond acceptors (Lipinski definition) is 4. The van der Waals surface area contributed by atoms with Crippen molar-refractivity contribution < 1.29 is 17.6 Å². The van der Waals surface area contributed by atoms with E-state index in [1.807, 2.05) is 0 Å². The number of rotatable bonds is 5. The average Bonchev–Trinajstić information content (AvgIpc) is 2.87. The van der Waals surface area contributed by atoms with E-state index in [2.05, 4.69) is 6.58 Å². The third kappa shape index (κ3) is 2.82. The molecule has 0 unspecified atom stereocenters. The first-order valence-corrected chi connectivity index (χ1v) is 7.21. The topological polar surface area (TPSA) is 64.3 Å². The minimum absolute atomic E-state index is 0.0949. The fourth-order valence-corrected chi connectivity index (χ4v) is 2.70. The van der Waals surface area contributed by atoms with Gasteiger partial charge in [-0.3, -0.25) is 4.79 Å². The lowest BCUT2D eigenvalue weighted by atomic mass is 10.2. The van der Waals surface area contributed by atoms with Crippen LogP contribution in [0.2, 0.25) is 0 Å². The van der Waals surface area contributed by atoms with Gasteiger partial charge in [-0.05, 0) is 36.4 Å². The molecular weight excluding hydrogens is 264 g/mol. The number of carbonyl (C=O) groups excluding carboxylic acids is 1. The van der Waals surface area contributed by atoms with Gasteiger partial charge in [0.1, 0.15) is 5.76 Å². The number of carbonyl (C=O) groups is 1. The largest absolute Gasteiger partial charge is 0.453 e. The van der Waals surface area contributed by atoms with Crippen molar-refractivity contribution in [2.45, 2.75) is 4.90 Å². The zero-order valence-corrected chi connectivity index (χ0v) is 10.9. The first kappa shape index (κ1) is 13.3. The van der Waals surface area contributed by atoms with Gasteiger partial charge >= 0.3 is 0 Å². The van der Waals surface area contributed by atoms with Gasteiger partial charge in [-0.2, -0.15) is 0 Å². The fourth-order valence-electron chi connectivity index (χ4n) is 1.65. The molecule has 1 heterocycles. The summed E-state index contributed by atoms with van der Waals surface area (Å²) in [6.07, 6.45) is 1.97. The normalized spacial score (nSPS) is 11.2. The first-order chi connectivity index (χ1) is 9.06. The lowest BCUT2D eigenvalue weighted by molar-refractivity contribution is 0.110. The molecule has 1 aromatic carbocycles. The van der Waals surface area contributed by atoms with Crippen LogP contribution in [0, 0.1) is 0 Å². The van der Waals surface area contributed by atoms with Crippen LogP contribution in [0.3, 0.4) is 0 Å². The zero-order valence-electron chi connectivity index (χ0n) is 10.1. The van der Waals surface area contributed by atoms with Gasteiger partial charge in [-0.25, -0.2) is 8.42 Å². The summed E-state index contributed by atoms with van der Waals surface area (Å²) in [5, 5.41) is 0. The summed E-state index contributed by atoms with van der Waals surface area (Å²) >= 11 is 0. The summed E-state index contributed by atoms with van der Waals surface area (Å²) in [7, 11) is -3.31. The molecule has 19 heavy (non-hydrogen) atoms. The van der Waals surface area contributed by atoms with Gasteiger partial charge in [0, 0.05) is 5.56 Å². The third-order valence-corrected chi connectivity index (χ3v) is 4.24. The molecule has 0 saturated carbocycles. The predicted octanol–water partition coefficient (Wildman–Crippen LogP) is 2.72. The Morgan fingerprint density at radius 2 is 1.79 bits per heavy atom. The molecule has 0 atom stereocenters. The second-order valence-electron chi connectivity index (χ2n) is 3.91. The SMILES string of the molecule is C=CCS(=O)(=O)c1ccc(-c2ccc(C=O)o2)cc1. The molecule has 0 aliphatic heterocycles. The van der Waals surface area contributed by atoms with Gasteiger partial charge in [0.15, 0.2) is 21.9 Å². The van der Waals surface area contributed by atoms with Crippen molar-refractivity contribution in [2.75, 3.05) is 5.75 Å². The second kappa shape index (κ2) is 5.24. The van der Waals surface area contributed by atoms with Crippen LogP contribution < -0.4 is 0 Å². The number of benzene rings is 1. The van der Waals surface area contributed by atoms with Crippen LogP contribution in [0.25, 0.3) is 11.3 Å². The van der Waals surface area contributed by atoms with Crippen molar-refractivity contribution in [3.8, 4) is 11.3 Å². The molecule has 0 radical (unpaired) electrons. The van der Waals surface area contributed by atoms with Crippen LogP contribution >= 0.6 is 0 Å². The zero-order chi connectivity index (χ0) is 13.9. The lowest BCUT2D eigenvalue weighted by Crippen LogP contribution is -2.03. The van der Waals surface area contributed by atoms with Crippen molar-refractivity contribution in [3.63, 3.8) is 0 Å². The van der Waals surface area contributed by atoms with Crippen molar-refractivity contribution >= 4 is 16.1 Å². The van der Waals surface area contributed by atoms with Crippen LogP contribution in [0.4, 0.5) is 0 Å². The maximum atomic E-state index is 11.8. The molecule has 98 valence electrons. The van der Waals surface area contributed by atoms with E-state index in [9.17, 15) is 13.2 Å². The molecule has 0 bridgehead atoms. The molecule has 0 saturated heterocycles. The highest BCUT2D eigenvalue weighted by atomic mass is 32.2. The summed E-state index contributed by atoms with van der Waals surface area (Å²) in [5.74, 6) is 0.663.